The minimum atomic E-state index is -0.680. The SMILES string of the molecule is COCC(C)n1c(C)cc(/C=C(/C#N)C(=O)NNC(=O)CNc2ccc(C)cc2)c1C. The van der Waals surface area contributed by atoms with Gasteiger partial charge in [0.15, 0.2) is 0 Å². The van der Waals surface area contributed by atoms with E-state index in [1.807, 2.05) is 64.1 Å². The van der Waals surface area contributed by atoms with Crippen LogP contribution in [0, 0.1) is 32.1 Å². The van der Waals surface area contributed by atoms with Gasteiger partial charge >= 0.3 is 0 Å². The highest BCUT2D eigenvalue weighted by Crippen LogP contribution is 2.22. The molecule has 0 saturated heterocycles. The number of nitrogens with one attached hydrogen (secondary N) is 3. The van der Waals surface area contributed by atoms with Crippen LogP contribution in [0.25, 0.3) is 6.08 Å². The van der Waals surface area contributed by atoms with Crippen LogP contribution >= 0.6 is 0 Å². The van der Waals surface area contributed by atoms with Crippen molar-refractivity contribution in [2.75, 3.05) is 25.6 Å². The van der Waals surface area contributed by atoms with Crippen molar-refractivity contribution in [3.63, 3.8) is 0 Å². The molecule has 1 atom stereocenters. The number of nitriles is 1. The van der Waals surface area contributed by atoms with Crippen molar-refractivity contribution in [1.82, 2.24) is 15.4 Å². The second-order valence-corrected chi connectivity index (χ2v) is 7.39. The molecule has 2 amide bonds. The summed E-state index contributed by atoms with van der Waals surface area (Å²) in [4.78, 5) is 24.4. The summed E-state index contributed by atoms with van der Waals surface area (Å²) in [5.74, 6) is -1.11. The van der Waals surface area contributed by atoms with E-state index in [1.54, 1.807) is 7.11 Å². The average molecular weight is 424 g/mol. The third kappa shape index (κ3) is 6.46. The fourth-order valence-corrected chi connectivity index (χ4v) is 3.34. The van der Waals surface area contributed by atoms with Gasteiger partial charge in [0, 0.05) is 24.2 Å². The van der Waals surface area contributed by atoms with Gasteiger partial charge in [-0.25, -0.2) is 0 Å². The van der Waals surface area contributed by atoms with Crippen molar-refractivity contribution >= 4 is 23.6 Å². The lowest BCUT2D eigenvalue weighted by Crippen LogP contribution is -2.44. The van der Waals surface area contributed by atoms with Gasteiger partial charge in [-0.05, 0) is 57.5 Å². The maximum atomic E-state index is 12.4. The summed E-state index contributed by atoms with van der Waals surface area (Å²) in [5.41, 5.74) is 9.10. The number of benzene rings is 1. The third-order valence-electron chi connectivity index (χ3n) is 4.86. The summed E-state index contributed by atoms with van der Waals surface area (Å²) in [7, 11) is 1.65. The molecule has 164 valence electrons. The van der Waals surface area contributed by atoms with Crippen LogP contribution in [0.15, 0.2) is 35.9 Å². The Kier molecular flexibility index (Phi) is 8.41. The number of amides is 2. The fourth-order valence-electron chi connectivity index (χ4n) is 3.34. The zero-order valence-corrected chi connectivity index (χ0v) is 18.6. The molecule has 0 aliphatic heterocycles. The summed E-state index contributed by atoms with van der Waals surface area (Å²) in [6, 6.07) is 11.5. The van der Waals surface area contributed by atoms with Gasteiger partial charge in [-0.15, -0.1) is 0 Å². The molecule has 0 radical (unpaired) electrons. The number of hydrazine groups is 1. The number of aryl methyl sites for hydroxylation is 2. The van der Waals surface area contributed by atoms with Crippen LogP contribution in [0.4, 0.5) is 5.69 Å². The van der Waals surface area contributed by atoms with Crippen molar-refractivity contribution in [3.8, 4) is 6.07 Å². The molecule has 3 N–H and O–H groups in total. The number of hydrogen-bond donors (Lipinski definition) is 3. The Bertz CT molecular complexity index is 999. The van der Waals surface area contributed by atoms with Gasteiger partial charge in [-0.2, -0.15) is 5.26 Å². The van der Waals surface area contributed by atoms with E-state index in [0.717, 1.165) is 28.2 Å². The number of carbonyl (C=O) groups is 2. The zero-order chi connectivity index (χ0) is 23.0. The van der Waals surface area contributed by atoms with E-state index in [0.29, 0.717) is 6.61 Å². The van der Waals surface area contributed by atoms with E-state index in [1.165, 1.54) is 6.08 Å². The Hall–Kier alpha value is -3.57. The van der Waals surface area contributed by atoms with Gasteiger partial charge in [-0.1, -0.05) is 17.7 Å². The van der Waals surface area contributed by atoms with E-state index in [4.69, 9.17) is 4.74 Å². The number of nitrogens with zero attached hydrogens (tertiary/aromatic N) is 2. The smallest absolute Gasteiger partial charge is 0.280 e. The molecule has 0 aliphatic rings. The van der Waals surface area contributed by atoms with Gasteiger partial charge in [0.2, 0.25) is 0 Å². The molecule has 8 heteroatoms. The summed E-state index contributed by atoms with van der Waals surface area (Å²) < 4.78 is 7.33. The Morgan fingerprint density at radius 2 is 1.87 bits per heavy atom. The van der Waals surface area contributed by atoms with Gasteiger partial charge in [0.25, 0.3) is 11.8 Å². The first kappa shape index (κ1) is 23.7. The van der Waals surface area contributed by atoms with E-state index < -0.39 is 11.8 Å². The number of rotatable bonds is 8. The van der Waals surface area contributed by atoms with Crippen molar-refractivity contribution in [1.29, 1.82) is 5.26 Å². The zero-order valence-electron chi connectivity index (χ0n) is 18.6. The van der Waals surface area contributed by atoms with Crippen LogP contribution < -0.4 is 16.2 Å². The Balaban J connectivity index is 1.99. The Labute approximate surface area is 182 Å². The quantitative estimate of drug-likeness (QED) is 0.344. The molecule has 0 spiro atoms. The number of aromatic nitrogens is 1. The first-order chi connectivity index (χ1) is 14.8. The fraction of sp³-hybridized carbons (Fsp3) is 0.348. The molecule has 2 aromatic rings. The number of methoxy groups -OCH3 is 1. The number of anilines is 1. The molecule has 8 nitrogen and oxygen atoms in total. The highest BCUT2D eigenvalue weighted by atomic mass is 16.5. The normalized spacial score (nSPS) is 12.1. The molecule has 2 rings (SSSR count). The number of ether oxygens (including phenoxy) is 1. The maximum Gasteiger partial charge on any atom is 0.280 e. The molecule has 1 aromatic carbocycles. The summed E-state index contributed by atoms with van der Waals surface area (Å²) in [6.45, 7) is 8.43. The van der Waals surface area contributed by atoms with Crippen molar-refractivity contribution in [3.05, 3.63) is 58.4 Å². The topological polar surface area (TPSA) is 108 Å². The first-order valence-corrected chi connectivity index (χ1v) is 9.95. The maximum absolute atomic E-state index is 12.4. The van der Waals surface area contributed by atoms with Crippen molar-refractivity contribution in [2.24, 2.45) is 0 Å². The van der Waals surface area contributed by atoms with Crippen LogP contribution in [0.5, 0.6) is 0 Å². The summed E-state index contributed by atoms with van der Waals surface area (Å²) in [6.07, 6.45) is 1.52. The molecule has 1 aromatic heterocycles. The Morgan fingerprint density at radius 3 is 2.48 bits per heavy atom. The molecule has 0 aliphatic carbocycles. The van der Waals surface area contributed by atoms with Crippen LogP contribution in [0.3, 0.4) is 0 Å². The lowest BCUT2D eigenvalue weighted by molar-refractivity contribution is -0.125. The van der Waals surface area contributed by atoms with Gasteiger partial charge < -0.3 is 14.6 Å². The van der Waals surface area contributed by atoms with Crippen molar-refractivity contribution in [2.45, 2.75) is 33.7 Å². The van der Waals surface area contributed by atoms with Crippen LogP contribution in [0.1, 0.15) is 35.5 Å². The van der Waals surface area contributed by atoms with Gasteiger partial charge in [-0.3, -0.25) is 20.4 Å². The summed E-state index contributed by atoms with van der Waals surface area (Å²) >= 11 is 0. The molecule has 1 unspecified atom stereocenters. The lowest BCUT2D eigenvalue weighted by Gasteiger charge is -2.17. The second kappa shape index (κ2) is 11.0. The highest BCUT2D eigenvalue weighted by Gasteiger charge is 2.16. The van der Waals surface area contributed by atoms with E-state index in [9.17, 15) is 14.9 Å². The van der Waals surface area contributed by atoms with Crippen LogP contribution in [0.2, 0.25) is 0 Å². The highest BCUT2D eigenvalue weighted by molar-refractivity contribution is 6.02. The number of hydrogen-bond acceptors (Lipinski definition) is 5. The van der Waals surface area contributed by atoms with E-state index >= 15 is 0 Å². The predicted octanol–water partition coefficient (Wildman–Crippen LogP) is 2.79. The average Bonchev–Trinajstić information content (AvgIpc) is 3.02. The molecule has 31 heavy (non-hydrogen) atoms. The second-order valence-electron chi connectivity index (χ2n) is 7.39. The molecular weight excluding hydrogens is 394 g/mol. The Morgan fingerprint density at radius 1 is 1.19 bits per heavy atom. The molecule has 0 fully saturated rings. The number of carbonyl (C=O) groups excluding carboxylic acids is 2. The largest absolute Gasteiger partial charge is 0.383 e. The molecule has 0 saturated carbocycles. The van der Waals surface area contributed by atoms with Gasteiger partial charge in [0.1, 0.15) is 11.6 Å². The van der Waals surface area contributed by atoms with Crippen molar-refractivity contribution < 1.29 is 14.3 Å². The predicted molar refractivity (Wildman–Crippen MR) is 120 cm³/mol. The molecular formula is C23H29N5O3. The minimum absolute atomic E-state index is 0.0204. The lowest BCUT2D eigenvalue weighted by atomic mass is 10.1. The molecule has 1 heterocycles. The monoisotopic (exact) mass is 423 g/mol. The molecule has 0 bridgehead atoms. The first-order valence-electron chi connectivity index (χ1n) is 9.95. The minimum Gasteiger partial charge on any atom is -0.383 e. The van der Waals surface area contributed by atoms with Gasteiger partial charge in [0.05, 0.1) is 19.2 Å². The van der Waals surface area contributed by atoms with E-state index in [-0.39, 0.29) is 18.2 Å². The van der Waals surface area contributed by atoms with Crippen LogP contribution in [-0.2, 0) is 14.3 Å². The van der Waals surface area contributed by atoms with E-state index in [2.05, 4.69) is 20.7 Å². The summed E-state index contributed by atoms with van der Waals surface area (Å²) in [5, 5.41) is 12.4. The standard InChI is InChI=1S/C23H29N5O3/c1-15-6-8-21(9-7-15)25-13-22(29)26-27-23(30)20(12-24)11-19-10-16(2)28(18(19)4)17(3)14-31-5/h6-11,17,25H,13-14H2,1-5H3,(H,26,29)(H,27,30)/b20-11-. The third-order valence-corrected chi connectivity index (χ3v) is 4.86. The van der Waals surface area contributed by atoms with Crippen LogP contribution in [-0.4, -0.2) is 36.6 Å².